The van der Waals surface area contributed by atoms with Crippen LogP contribution in [0.2, 0.25) is 0 Å². The van der Waals surface area contributed by atoms with Crippen molar-refractivity contribution in [2.24, 2.45) is 0 Å². The van der Waals surface area contributed by atoms with Gasteiger partial charge in [-0.15, -0.1) is 0 Å². The number of ether oxygens (including phenoxy) is 1. The summed E-state index contributed by atoms with van der Waals surface area (Å²) in [7, 11) is 0. The second-order valence-electron chi connectivity index (χ2n) is 2.95. The summed E-state index contributed by atoms with van der Waals surface area (Å²) in [5.41, 5.74) is 0.0956. The van der Waals surface area contributed by atoms with Gasteiger partial charge < -0.3 is 4.74 Å². The molecule has 1 rings (SSSR count). The molecule has 0 fully saturated rings. The third kappa shape index (κ3) is 2.32. The predicted octanol–water partition coefficient (Wildman–Crippen LogP) is 2.96. The highest BCUT2D eigenvalue weighted by Gasteiger charge is 2.18. The number of carbonyl (C=O) groups is 1. The highest BCUT2D eigenvalue weighted by Crippen LogP contribution is 2.26. The Balaban J connectivity index is 3.26. The van der Waals surface area contributed by atoms with Gasteiger partial charge in [-0.3, -0.25) is 4.79 Å². The normalized spacial score (nSPS) is 10.1. The molecule has 0 N–H and O–H groups in total. The molecular weight excluding hydrogens is 202 g/mol. The third-order valence-electron chi connectivity index (χ3n) is 1.96. The lowest BCUT2D eigenvalue weighted by molar-refractivity contribution is 0.0983. The molecule has 2 nitrogen and oxygen atoms in total. The van der Waals surface area contributed by atoms with E-state index >= 15 is 0 Å². The van der Waals surface area contributed by atoms with Crippen molar-refractivity contribution in [1.82, 2.24) is 0 Å². The first kappa shape index (κ1) is 11.6. The second kappa shape index (κ2) is 4.87. The molecule has 0 aromatic heterocycles. The summed E-state index contributed by atoms with van der Waals surface area (Å²) < 4.78 is 31.1. The fourth-order valence-corrected chi connectivity index (χ4v) is 1.23. The fraction of sp³-hybridized carbons (Fsp3) is 0.364. The number of ketones is 1. The molecule has 0 unspecified atom stereocenters. The first-order valence-corrected chi connectivity index (χ1v) is 4.75. The zero-order valence-corrected chi connectivity index (χ0v) is 8.64. The van der Waals surface area contributed by atoms with E-state index in [0.29, 0.717) is 0 Å². The number of rotatable bonds is 4. The number of Topliss-reactive ketones (excluding diaryl/α,β-unsaturated/α-hetero) is 1. The van der Waals surface area contributed by atoms with E-state index < -0.39 is 11.6 Å². The molecular formula is C11H12F2O2. The molecule has 0 aliphatic rings. The molecule has 0 atom stereocenters. The minimum absolute atomic E-state index is 0.0956. The first-order chi connectivity index (χ1) is 7.11. The van der Waals surface area contributed by atoms with Crippen LogP contribution in [0.3, 0.4) is 0 Å². The average molecular weight is 214 g/mol. The van der Waals surface area contributed by atoms with Crippen molar-refractivity contribution in [1.29, 1.82) is 0 Å². The van der Waals surface area contributed by atoms with Crippen LogP contribution in [0.5, 0.6) is 5.75 Å². The molecule has 1 aromatic carbocycles. The minimum atomic E-state index is -1.10. The van der Waals surface area contributed by atoms with Gasteiger partial charge in [-0.1, -0.05) is 6.92 Å². The van der Waals surface area contributed by atoms with Gasteiger partial charge in [0.25, 0.3) is 0 Å². The van der Waals surface area contributed by atoms with Crippen LogP contribution >= 0.6 is 0 Å². The summed E-state index contributed by atoms with van der Waals surface area (Å²) in [5.74, 6) is -2.66. The molecule has 0 amide bonds. The Morgan fingerprint density at radius 1 is 1.33 bits per heavy atom. The zero-order valence-electron chi connectivity index (χ0n) is 8.64. The maximum atomic E-state index is 13.3. The number of benzene rings is 1. The molecule has 4 heteroatoms. The molecule has 0 aliphatic carbocycles. The van der Waals surface area contributed by atoms with E-state index in [2.05, 4.69) is 0 Å². The molecule has 0 radical (unpaired) electrons. The summed E-state index contributed by atoms with van der Waals surface area (Å²) in [5, 5.41) is 0. The lowest BCUT2D eigenvalue weighted by atomic mass is 10.1. The van der Waals surface area contributed by atoms with Crippen LogP contribution in [-0.4, -0.2) is 12.4 Å². The standard InChI is InChI=1S/C11H12F2O2/c1-3-9(14)7-5-6-8(12)10(13)11(7)15-4-2/h5-6H,3-4H2,1-2H3. The minimum Gasteiger partial charge on any atom is -0.490 e. The SMILES string of the molecule is CCOc1c(C(=O)CC)ccc(F)c1F. The largest absolute Gasteiger partial charge is 0.490 e. The van der Waals surface area contributed by atoms with Gasteiger partial charge in [0.05, 0.1) is 12.2 Å². The van der Waals surface area contributed by atoms with Crippen molar-refractivity contribution in [2.75, 3.05) is 6.61 Å². The Labute approximate surface area is 86.9 Å². The van der Waals surface area contributed by atoms with Crippen LogP contribution < -0.4 is 4.74 Å². The molecule has 82 valence electrons. The molecule has 1 aromatic rings. The summed E-state index contributed by atoms with van der Waals surface area (Å²) in [6, 6.07) is 2.18. The molecule has 0 saturated heterocycles. The summed E-state index contributed by atoms with van der Waals surface area (Å²) >= 11 is 0. The fourth-order valence-electron chi connectivity index (χ4n) is 1.23. The first-order valence-electron chi connectivity index (χ1n) is 4.75. The van der Waals surface area contributed by atoms with Crippen molar-refractivity contribution in [3.05, 3.63) is 29.3 Å². The monoisotopic (exact) mass is 214 g/mol. The molecule has 0 heterocycles. The van der Waals surface area contributed by atoms with E-state index in [4.69, 9.17) is 4.74 Å². The van der Waals surface area contributed by atoms with Crippen molar-refractivity contribution >= 4 is 5.78 Å². The molecule has 0 saturated carbocycles. The van der Waals surface area contributed by atoms with Crippen LogP contribution in [0.1, 0.15) is 30.6 Å². The predicted molar refractivity (Wildman–Crippen MR) is 52.1 cm³/mol. The smallest absolute Gasteiger partial charge is 0.201 e. The molecule has 0 aliphatic heterocycles. The van der Waals surface area contributed by atoms with Gasteiger partial charge in [-0.25, -0.2) is 4.39 Å². The highest BCUT2D eigenvalue weighted by molar-refractivity contribution is 5.98. The van der Waals surface area contributed by atoms with Gasteiger partial charge in [-0.05, 0) is 19.1 Å². The van der Waals surface area contributed by atoms with E-state index in [1.807, 2.05) is 0 Å². The van der Waals surface area contributed by atoms with E-state index in [1.165, 1.54) is 6.07 Å². The Kier molecular flexibility index (Phi) is 3.77. The highest BCUT2D eigenvalue weighted by atomic mass is 19.2. The topological polar surface area (TPSA) is 26.3 Å². The van der Waals surface area contributed by atoms with Crippen molar-refractivity contribution in [2.45, 2.75) is 20.3 Å². The van der Waals surface area contributed by atoms with E-state index in [0.717, 1.165) is 6.07 Å². The van der Waals surface area contributed by atoms with Crippen LogP contribution in [0, 0.1) is 11.6 Å². The Bertz CT molecular complexity index is 375. The third-order valence-corrected chi connectivity index (χ3v) is 1.96. The maximum absolute atomic E-state index is 13.3. The number of halogens is 2. The Morgan fingerprint density at radius 2 is 2.00 bits per heavy atom. The second-order valence-corrected chi connectivity index (χ2v) is 2.95. The van der Waals surface area contributed by atoms with Gasteiger partial charge in [0.15, 0.2) is 17.3 Å². The van der Waals surface area contributed by atoms with Gasteiger partial charge in [0.1, 0.15) is 0 Å². The lowest BCUT2D eigenvalue weighted by Gasteiger charge is -2.09. The van der Waals surface area contributed by atoms with Gasteiger partial charge in [-0.2, -0.15) is 4.39 Å². The molecule has 0 spiro atoms. The van der Waals surface area contributed by atoms with Crippen molar-refractivity contribution in [3.8, 4) is 5.75 Å². The van der Waals surface area contributed by atoms with E-state index in [9.17, 15) is 13.6 Å². The Morgan fingerprint density at radius 3 is 2.53 bits per heavy atom. The van der Waals surface area contributed by atoms with Gasteiger partial charge in [0, 0.05) is 6.42 Å². The number of hydrogen-bond acceptors (Lipinski definition) is 2. The lowest BCUT2D eigenvalue weighted by Crippen LogP contribution is -2.06. The van der Waals surface area contributed by atoms with Gasteiger partial charge >= 0.3 is 0 Å². The Hall–Kier alpha value is -1.45. The van der Waals surface area contributed by atoms with Crippen LogP contribution in [0.4, 0.5) is 8.78 Å². The van der Waals surface area contributed by atoms with Crippen molar-refractivity contribution < 1.29 is 18.3 Å². The van der Waals surface area contributed by atoms with Crippen LogP contribution in [0.15, 0.2) is 12.1 Å². The van der Waals surface area contributed by atoms with Gasteiger partial charge in [0.2, 0.25) is 5.82 Å². The van der Waals surface area contributed by atoms with Crippen LogP contribution in [0.25, 0.3) is 0 Å². The number of carbonyl (C=O) groups excluding carboxylic acids is 1. The van der Waals surface area contributed by atoms with Crippen LogP contribution in [-0.2, 0) is 0 Å². The summed E-state index contributed by atoms with van der Waals surface area (Å²) in [4.78, 5) is 11.4. The molecule has 15 heavy (non-hydrogen) atoms. The summed E-state index contributed by atoms with van der Waals surface area (Å²) in [6.45, 7) is 3.48. The average Bonchev–Trinajstić information content (AvgIpc) is 2.24. The number of hydrogen-bond donors (Lipinski definition) is 0. The van der Waals surface area contributed by atoms with E-state index in [1.54, 1.807) is 13.8 Å². The van der Waals surface area contributed by atoms with Crippen molar-refractivity contribution in [3.63, 3.8) is 0 Å². The quantitative estimate of drug-likeness (QED) is 0.720. The zero-order chi connectivity index (χ0) is 11.4. The van der Waals surface area contributed by atoms with E-state index in [-0.39, 0.29) is 30.1 Å². The maximum Gasteiger partial charge on any atom is 0.201 e. The molecule has 0 bridgehead atoms. The summed E-state index contributed by atoms with van der Waals surface area (Å²) in [6.07, 6.45) is 0.227.